The van der Waals surface area contributed by atoms with Gasteiger partial charge in [0, 0.05) is 18.1 Å². The van der Waals surface area contributed by atoms with Gasteiger partial charge in [-0.1, -0.05) is 11.6 Å². The summed E-state index contributed by atoms with van der Waals surface area (Å²) in [6.07, 6.45) is -2.26. The predicted molar refractivity (Wildman–Crippen MR) is 113 cm³/mol. The van der Waals surface area contributed by atoms with Crippen molar-refractivity contribution >= 4 is 23.3 Å². The van der Waals surface area contributed by atoms with Gasteiger partial charge in [-0.05, 0) is 36.0 Å². The lowest BCUT2D eigenvalue weighted by molar-refractivity contribution is -0.389. The van der Waals surface area contributed by atoms with Crippen LogP contribution in [0.4, 0.5) is 19.0 Å². The van der Waals surface area contributed by atoms with E-state index in [0.717, 1.165) is 12.1 Å². The van der Waals surface area contributed by atoms with E-state index in [4.69, 9.17) is 21.1 Å². The van der Waals surface area contributed by atoms with Gasteiger partial charge in [0.15, 0.2) is 0 Å². The minimum absolute atomic E-state index is 0.147. The van der Waals surface area contributed by atoms with Crippen molar-refractivity contribution in [2.24, 2.45) is 0 Å². The van der Waals surface area contributed by atoms with Crippen LogP contribution in [0, 0.1) is 10.1 Å². The summed E-state index contributed by atoms with van der Waals surface area (Å²) < 4.78 is 51.2. The maximum atomic E-state index is 12.8. The van der Waals surface area contributed by atoms with Crippen LogP contribution in [0.25, 0.3) is 0 Å². The van der Waals surface area contributed by atoms with Crippen LogP contribution in [0.2, 0.25) is 5.02 Å². The smallest absolute Gasteiger partial charge is 0.417 e. The van der Waals surface area contributed by atoms with Crippen molar-refractivity contribution in [2.45, 2.75) is 37.7 Å². The third-order valence-corrected chi connectivity index (χ3v) is 5.87. The van der Waals surface area contributed by atoms with Gasteiger partial charge in [0.2, 0.25) is 5.91 Å². The SMILES string of the molecule is O=C(CN1CCC(Oc2ccc(C(F)(F)F)c(Cl)c2)CC1)NC1COc2nc([N+](=O)[O-])cn2C1. The summed E-state index contributed by atoms with van der Waals surface area (Å²) in [6, 6.07) is 3.11. The number of carbonyl (C=O) groups is 1. The normalized spacial score (nSPS) is 19.2. The van der Waals surface area contributed by atoms with E-state index < -0.39 is 21.7 Å². The zero-order valence-electron chi connectivity index (χ0n) is 17.8. The Morgan fingerprint density at radius 3 is 2.74 bits per heavy atom. The Bertz CT molecular complexity index is 1070. The van der Waals surface area contributed by atoms with E-state index in [9.17, 15) is 28.1 Å². The monoisotopic (exact) mass is 503 g/mol. The van der Waals surface area contributed by atoms with E-state index in [0.29, 0.717) is 32.5 Å². The molecule has 2 aliphatic heterocycles. The van der Waals surface area contributed by atoms with Crippen LogP contribution in [0.5, 0.6) is 11.8 Å². The summed E-state index contributed by atoms with van der Waals surface area (Å²) >= 11 is 5.74. The summed E-state index contributed by atoms with van der Waals surface area (Å²) in [5, 5.41) is 13.3. The fourth-order valence-corrected chi connectivity index (χ4v) is 4.20. The molecule has 1 aromatic heterocycles. The van der Waals surface area contributed by atoms with E-state index >= 15 is 0 Å². The first-order chi connectivity index (χ1) is 16.1. The number of benzene rings is 1. The van der Waals surface area contributed by atoms with Crippen LogP contribution in [-0.2, 0) is 17.5 Å². The Morgan fingerprint density at radius 2 is 2.09 bits per heavy atom. The standard InChI is InChI=1S/C20H21ClF3N5O5/c21-16-7-14(1-2-15(16)20(22,23)24)34-13-3-5-27(6-4-13)10-18(30)25-12-8-28-9-17(29(31)32)26-19(28)33-11-12/h1-2,7,9,12-13H,3-6,8,10-11H2,(H,25,30). The molecule has 0 aliphatic carbocycles. The molecule has 1 fully saturated rings. The Kier molecular flexibility index (Phi) is 6.84. The third kappa shape index (κ3) is 5.70. The second-order valence-electron chi connectivity index (χ2n) is 8.10. The maximum absolute atomic E-state index is 12.8. The van der Waals surface area contributed by atoms with E-state index in [1.807, 2.05) is 4.90 Å². The highest BCUT2D eigenvalue weighted by atomic mass is 35.5. The van der Waals surface area contributed by atoms with Crippen LogP contribution in [0.3, 0.4) is 0 Å². The Balaban J connectivity index is 1.22. The molecule has 10 nitrogen and oxygen atoms in total. The maximum Gasteiger partial charge on any atom is 0.417 e. The second-order valence-corrected chi connectivity index (χ2v) is 8.51. The number of piperidine rings is 1. The molecule has 0 bridgehead atoms. The van der Waals surface area contributed by atoms with Crippen molar-refractivity contribution in [3.63, 3.8) is 0 Å². The fraction of sp³-hybridized carbons (Fsp3) is 0.500. The average molecular weight is 504 g/mol. The molecule has 0 radical (unpaired) electrons. The topological polar surface area (TPSA) is 112 Å². The van der Waals surface area contributed by atoms with Crippen LogP contribution in [0.1, 0.15) is 18.4 Å². The van der Waals surface area contributed by atoms with Crippen molar-refractivity contribution in [2.75, 3.05) is 26.2 Å². The first-order valence-corrected chi connectivity index (χ1v) is 10.9. The minimum Gasteiger partial charge on any atom is -0.490 e. The third-order valence-electron chi connectivity index (χ3n) is 5.56. The molecule has 2 aromatic rings. The lowest BCUT2D eigenvalue weighted by atomic mass is 10.1. The van der Waals surface area contributed by atoms with Crippen molar-refractivity contribution in [1.82, 2.24) is 19.8 Å². The van der Waals surface area contributed by atoms with Crippen molar-refractivity contribution in [1.29, 1.82) is 0 Å². The number of rotatable bonds is 6. The molecular weight excluding hydrogens is 483 g/mol. The van der Waals surface area contributed by atoms with Gasteiger partial charge in [-0.25, -0.2) is 0 Å². The highest BCUT2D eigenvalue weighted by Gasteiger charge is 2.33. The van der Waals surface area contributed by atoms with E-state index in [2.05, 4.69) is 10.3 Å². The number of nitro groups is 1. The lowest BCUT2D eigenvalue weighted by Crippen LogP contribution is -2.49. The van der Waals surface area contributed by atoms with Gasteiger partial charge >= 0.3 is 18.0 Å². The number of aromatic nitrogens is 2. The molecule has 34 heavy (non-hydrogen) atoms. The van der Waals surface area contributed by atoms with Gasteiger partial charge in [-0.2, -0.15) is 13.2 Å². The molecule has 1 N–H and O–H groups in total. The summed E-state index contributed by atoms with van der Waals surface area (Å²) in [5.41, 5.74) is -0.909. The van der Waals surface area contributed by atoms with Gasteiger partial charge in [-0.15, -0.1) is 0 Å². The number of amides is 1. The summed E-state index contributed by atoms with van der Waals surface area (Å²) in [6.45, 7) is 1.78. The summed E-state index contributed by atoms with van der Waals surface area (Å²) in [7, 11) is 0. The van der Waals surface area contributed by atoms with E-state index in [-0.39, 0.29) is 48.8 Å². The van der Waals surface area contributed by atoms with Crippen LogP contribution in [0.15, 0.2) is 24.4 Å². The predicted octanol–water partition coefficient (Wildman–Crippen LogP) is 2.88. The second kappa shape index (κ2) is 9.66. The molecule has 1 saturated heterocycles. The minimum atomic E-state index is -4.52. The number of likely N-dealkylation sites (tertiary alicyclic amines) is 1. The molecule has 1 amide bonds. The molecule has 1 aromatic carbocycles. The highest BCUT2D eigenvalue weighted by molar-refractivity contribution is 6.31. The number of hydrogen-bond donors (Lipinski definition) is 1. The van der Waals surface area contributed by atoms with E-state index in [1.54, 1.807) is 0 Å². The molecule has 14 heteroatoms. The number of halogens is 4. The van der Waals surface area contributed by atoms with Crippen molar-refractivity contribution < 1.29 is 32.4 Å². The number of alkyl halides is 3. The van der Waals surface area contributed by atoms with Gasteiger partial charge in [0.05, 0.1) is 29.7 Å². The van der Waals surface area contributed by atoms with Gasteiger partial charge in [-0.3, -0.25) is 14.3 Å². The lowest BCUT2D eigenvalue weighted by Gasteiger charge is -2.32. The molecule has 3 heterocycles. The molecule has 2 aliphatic rings. The fourth-order valence-electron chi connectivity index (χ4n) is 3.93. The zero-order valence-corrected chi connectivity index (χ0v) is 18.5. The number of fused-ring (bicyclic) bond motifs is 1. The number of imidazole rings is 1. The Labute approximate surface area is 196 Å². The number of hydrogen-bond acceptors (Lipinski definition) is 7. The van der Waals surface area contributed by atoms with Crippen LogP contribution < -0.4 is 14.8 Å². The molecule has 1 atom stereocenters. The van der Waals surface area contributed by atoms with Gasteiger partial charge < -0.3 is 24.9 Å². The molecule has 0 saturated carbocycles. The molecule has 0 spiro atoms. The number of ether oxygens (including phenoxy) is 2. The number of nitrogens with one attached hydrogen (secondary N) is 1. The molecule has 184 valence electrons. The van der Waals surface area contributed by atoms with Crippen molar-refractivity contribution in [3.8, 4) is 11.8 Å². The number of carbonyl (C=O) groups excluding carboxylic acids is 1. The number of nitrogens with zero attached hydrogens (tertiary/aromatic N) is 4. The highest BCUT2D eigenvalue weighted by Crippen LogP contribution is 2.36. The van der Waals surface area contributed by atoms with Crippen LogP contribution >= 0.6 is 11.6 Å². The Hall–Kier alpha value is -3.06. The zero-order chi connectivity index (χ0) is 24.5. The van der Waals surface area contributed by atoms with Crippen molar-refractivity contribution in [3.05, 3.63) is 45.1 Å². The molecular formula is C20H21ClF3N5O5. The molecule has 4 rings (SSSR count). The first-order valence-electron chi connectivity index (χ1n) is 10.5. The Morgan fingerprint density at radius 1 is 1.35 bits per heavy atom. The summed E-state index contributed by atoms with van der Waals surface area (Å²) in [4.78, 5) is 28.4. The van der Waals surface area contributed by atoms with Crippen LogP contribution in [-0.4, -0.2) is 63.7 Å². The van der Waals surface area contributed by atoms with E-state index in [1.165, 1.54) is 16.8 Å². The first kappa shape index (κ1) is 24.1. The average Bonchev–Trinajstić information content (AvgIpc) is 3.18. The quantitative estimate of drug-likeness (QED) is 0.476. The van der Waals surface area contributed by atoms with Gasteiger partial charge in [0.1, 0.15) is 24.7 Å². The molecule has 1 unspecified atom stereocenters. The summed E-state index contributed by atoms with van der Waals surface area (Å²) in [5.74, 6) is -0.253. The largest absolute Gasteiger partial charge is 0.490 e. The van der Waals surface area contributed by atoms with Gasteiger partial charge in [0.25, 0.3) is 0 Å².